The fraction of sp³-hybridized carbons (Fsp3) is 0.364. The third-order valence-corrected chi connectivity index (χ3v) is 5.04. The minimum absolute atomic E-state index is 0. The van der Waals surface area contributed by atoms with Crippen LogP contribution in [0.3, 0.4) is 0 Å². The van der Waals surface area contributed by atoms with Crippen LogP contribution in [0.2, 0.25) is 0 Å². The molecule has 1 unspecified atom stereocenters. The molecule has 0 aromatic heterocycles. The summed E-state index contributed by atoms with van der Waals surface area (Å²) in [6.07, 6.45) is 2.50. The first-order valence-corrected chi connectivity index (χ1v) is 9.81. The minimum Gasteiger partial charge on any atom is -0.351 e. The summed E-state index contributed by atoms with van der Waals surface area (Å²) in [6.45, 7) is 4.19. The summed E-state index contributed by atoms with van der Waals surface area (Å²) in [5.74, 6) is -0.296. The lowest BCUT2D eigenvalue weighted by Gasteiger charge is -2.15. The van der Waals surface area contributed by atoms with Gasteiger partial charge in [0.1, 0.15) is 6.04 Å². The van der Waals surface area contributed by atoms with Gasteiger partial charge in [-0.3, -0.25) is 9.59 Å². The molecule has 164 valence electrons. The topological polar surface area (TPSA) is 87.5 Å². The molecule has 2 aromatic carbocycles. The van der Waals surface area contributed by atoms with Crippen LogP contribution in [0.1, 0.15) is 40.4 Å². The maximum atomic E-state index is 12.2. The first-order chi connectivity index (χ1) is 13.6. The van der Waals surface area contributed by atoms with Gasteiger partial charge in [0, 0.05) is 25.2 Å². The molecule has 0 aliphatic carbocycles. The SMILES string of the molecule is Cl.Cl.NC(C(=O)NCc1ccc(C(=O)NCCN2CCCC2)cc1)c1ccccc1. The monoisotopic (exact) mass is 452 g/mol. The third-order valence-electron chi connectivity index (χ3n) is 5.04. The highest BCUT2D eigenvalue weighted by atomic mass is 35.5. The summed E-state index contributed by atoms with van der Waals surface area (Å²) >= 11 is 0. The fourth-order valence-electron chi connectivity index (χ4n) is 3.32. The van der Waals surface area contributed by atoms with Crippen LogP contribution < -0.4 is 16.4 Å². The Morgan fingerprint density at radius 2 is 1.57 bits per heavy atom. The van der Waals surface area contributed by atoms with Gasteiger partial charge in [0.2, 0.25) is 5.91 Å². The number of rotatable bonds is 8. The van der Waals surface area contributed by atoms with Gasteiger partial charge in [0.05, 0.1) is 0 Å². The number of carbonyl (C=O) groups excluding carboxylic acids is 2. The van der Waals surface area contributed by atoms with Gasteiger partial charge in [0.25, 0.3) is 5.91 Å². The summed E-state index contributed by atoms with van der Waals surface area (Å²) in [6, 6.07) is 15.8. The fourth-order valence-corrected chi connectivity index (χ4v) is 3.32. The zero-order valence-corrected chi connectivity index (χ0v) is 18.5. The van der Waals surface area contributed by atoms with Crippen molar-refractivity contribution in [3.8, 4) is 0 Å². The second-order valence-corrected chi connectivity index (χ2v) is 7.11. The van der Waals surface area contributed by atoms with Crippen LogP contribution in [0.5, 0.6) is 0 Å². The van der Waals surface area contributed by atoms with Crippen LogP contribution in [0.15, 0.2) is 54.6 Å². The van der Waals surface area contributed by atoms with Gasteiger partial charge in [-0.15, -0.1) is 24.8 Å². The largest absolute Gasteiger partial charge is 0.351 e. The van der Waals surface area contributed by atoms with Gasteiger partial charge in [-0.1, -0.05) is 42.5 Å². The van der Waals surface area contributed by atoms with E-state index in [0.29, 0.717) is 18.7 Å². The summed E-state index contributed by atoms with van der Waals surface area (Å²) in [5, 5.41) is 5.80. The van der Waals surface area contributed by atoms with Gasteiger partial charge >= 0.3 is 0 Å². The molecular formula is C22H30Cl2N4O2. The first kappa shape index (κ1) is 25.9. The Bertz CT molecular complexity index is 781. The number of hydrogen-bond donors (Lipinski definition) is 3. The quantitative estimate of drug-likeness (QED) is 0.574. The summed E-state index contributed by atoms with van der Waals surface area (Å²) in [7, 11) is 0. The average Bonchev–Trinajstić information content (AvgIpc) is 3.26. The number of hydrogen-bond acceptors (Lipinski definition) is 4. The first-order valence-electron chi connectivity index (χ1n) is 9.81. The predicted octanol–water partition coefficient (Wildman–Crippen LogP) is 2.67. The number of amides is 2. The van der Waals surface area contributed by atoms with E-state index < -0.39 is 6.04 Å². The lowest BCUT2D eigenvalue weighted by atomic mass is 10.1. The second-order valence-electron chi connectivity index (χ2n) is 7.11. The minimum atomic E-state index is -0.693. The van der Waals surface area contributed by atoms with E-state index in [0.717, 1.165) is 30.8 Å². The number of carbonyl (C=O) groups is 2. The molecule has 0 radical (unpaired) electrons. The van der Waals surface area contributed by atoms with E-state index in [1.54, 1.807) is 12.1 Å². The molecule has 1 saturated heterocycles. The van der Waals surface area contributed by atoms with Crippen molar-refractivity contribution in [2.24, 2.45) is 5.73 Å². The molecule has 4 N–H and O–H groups in total. The molecule has 0 saturated carbocycles. The molecule has 8 heteroatoms. The Balaban J connectivity index is 0.00000225. The molecule has 1 aliphatic heterocycles. The highest BCUT2D eigenvalue weighted by Gasteiger charge is 2.15. The van der Waals surface area contributed by atoms with Gasteiger partial charge in [0.15, 0.2) is 0 Å². The van der Waals surface area contributed by atoms with Crippen molar-refractivity contribution in [3.05, 3.63) is 71.3 Å². The van der Waals surface area contributed by atoms with Crippen molar-refractivity contribution in [2.45, 2.75) is 25.4 Å². The predicted molar refractivity (Wildman–Crippen MR) is 124 cm³/mol. The summed E-state index contributed by atoms with van der Waals surface area (Å²) < 4.78 is 0. The van der Waals surface area contributed by atoms with Crippen molar-refractivity contribution in [1.82, 2.24) is 15.5 Å². The lowest BCUT2D eigenvalue weighted by Crippen LogP contribution is -2.34. The van der Waals surface area contributed by atoms with Crippen molar-refractivity contribution >= 4 is 36.6 Å². The molecule has 3 rings (SSSR count). The Labute approximate surface area is 190 Å². The van der Waals surface area contributed by atoms with E-state index in [1.807, 2.05) is 42.5 Å². The summed E-state index contributed by atoms with van der Waals surface area (Å²) in [5.41, 5.74) is 8.31. The van der Waals surface area contributed by atoms with Crippen molar-refractivity contribution in [3.63, 3.8) is 0 Å². The standard InChI is InChI=1S/C22H28N4O2.2ClH/c23-20(18-6-2-1-3-7-18)22(28)25-16-17-8-10-19(11-9-17)21(27)24-12-15-26-13-4-5-14-26;;/h1-3,6-11,20H,4-5,12-16,23H2,(H,24,27)(H,25,28);2*1H. The van der Waals surface area contributed by atoms with Crippen LogP contribution in [0.4, 0.5) is 0 Å². The molecule has 2 amide bonds. The third kappa shape index (κ3) is 7.61. The smallest absolute Gasteiger partial charge is 0.251 e. The summed E-state index contributed by atoms with van der Waals surface area (Å²) in [4.78, 5) is 26.8. The Hall–Kier alpha value is -2.12. The Morgan fingerprint density at radius 1 is 0.933 bits per heavy atom. The van der Waals surface area contributed by atoms with Crippen molar-refractivity contribution in [2.75, 3.05) is 26.2 Å². The van der Waals surface area contributed by atoms with Crippen LogP contribution in [0, 0.1) is 0 Å². The lowest BCUT2D eigenvalue weighted by molar-refractivity contribution is -0.122. The molecule has 1 fully saturated rings. The number of nitrogens with one attached hydrogen (secondary N) is 2. The zero-order chi connectivity index (χ0) is 19.8. The number of benzene rings is 2. The van der Waals surface area contributed by atoms with E-state index >= 15 is 0 Å². The number of halogens is 2. The number of likely N-dealkylation sites (tertiary alicyclic amines) is 1. The maximum absolute atomic E-state index is 12.2. The number of nitrogens with two attached hydrogens (primary N) is 1. The highest BCUT2D eigenvalue weighted by Crippen LogP contribution is 2.10. The van der Waals surface area contributed by atoms with Crippen LogP contribution in [0.25, 0.3) is 0 Å². The molecule has 2 aromatic rings. The van der Waals surface area contributed by atoms with Crippen LogP contribution in [-0.2, 0) is 11.3 Å². The van der Waals surface area contributed by atoms with Crippen molar-refractivity contribution in [1.29, 1.82) is 0 Å². The Morgan fingerprint density at radius 3 is 2.20 bits per heavy atom. The van der Waals surface area contributed by atoms with E-state index in [-0.39, 0.29) is 36.6 Å². The van der Waals surface area contributed by atoms with Crippen molar-refractivity contribution < 1.29 is 9.59 Å². The molecule has 6 nitrogen and oxygen atoms in total. The molecule has 0 bridgehead atoms. The molecule has 1 atom stereocenters. The molecule has 1 heterocycles. The van der Waals surface area contributed by atoms with E-state index in [1.165, 1.54) is 12.8 Å². The van der Waals surface area contributed by atoms with Gasteiger partial charge in [-0.05, 0) is 49.2 Å². The highest BCUT2D eigenvalue weighted by molar-refractivity contribution is 5.94. The van der Waals surface area contributed by atoms with E-state index in [4.69, 9.17) is 5.73 Å². The maximum Gasteiger partial charge on any atom is 0.251 e. The normalized spacial score (nSPS) is 14.2. The molecule has 30 heavy (non-hydrogen) atoms. The Kier molecular flexibility index (Phi) is 11.4. The van der Waals surface area contributed by atoms with Crippen LogP contribution >= 0.6 is 24.8 Å². The number of nitrogens with zero attached hydrogens (tertiary/aromatic N) is 1. The second kappa shape index (κ2) is 13.2. The van der Waals surface area contributed by atoms with E-state index in [9.17, 15) is 9.59 Å². The average molecular weight is 453 g/mol. The van der Waals surface area contributed by atoms with E-state index in [2.05, 4.69) is 15.5 Å². The molecular weight excluding hydrogens is 423 g/mol. The van der Waals surface area contributed by atoms with Gasteiger partial charge < -0.3 is 21.3 Å². The van der Waals surface area contributed by atoms with Gasteiger partial charge in [-0.25, -0.2) is 0 Å². The molecule has 1 aliphatic rings. The van der Waals surface area contributed by atoms with Gasteiger partial charge in [-0.2, -0.15) is 0 Å². The van der Waals surface area contributed by atoms with Crippen LogP contribution in [-0.4, -0.2) is 42.9 Å². The molecule has 0 spiro atoms. The zero-order valence-electron chi connectivity index (χ0n) is 16.9.